The van der Waals surface area contributed by atoms with Crippen LogP contribution >= 0.6 is 0 Å². The van der Waals surface area contributed by atoms with Gasteiger partial charge in [0.05, 0.1) is 0 Å². The molecule has 0 saturated carbocycles. The summed E-state index contributed by atoms with van der Waals surface area (Å²) in [5.74, 6) is 0. The third-order valence-corrected chi connectivity index (χ3v) is 3.86. The molecule has 0 aromatic carbocycles. The van der Waals surface area contributed by atoms with E-state index in [1.54, 1.807) is 0 Å². The van der Waals surface area contributed by atoms with Gasteiger partial charge in [-0.05, 0) is 0 Å². The first-order valence-electron chi connectivity index (χ1n) is 3.24. The van der Waals surface area contributed by atoms with Gasteiger partial charge in [-0.1, -0.05) is 0 Å². The third-order valence-electron chi connectivity index (χ3n) is 0.985. The van der Waals surface area contributed by atoms with Crippen molar-refractivity contribution in [2.24, 2.45) is 0 Å². The van der Waals surface area contributed by atoms with E-state index >= 15 is 0 Å². The van der Waals surface area contributed by atoms with Crippen LogP contribution in [0.2, 0.25) is 0 Å². The molecule has 0 spiro atoms. The maximum atomic E-state index is 8.52. The summed E-state index contributed by atoms with van der Waals surface area (Å²) in [7, 11) is 0. The van der Waals surface area contributed by atoms with Crippen LogP contribution in [-0.2, 0) is 0 Å². The topological polar surface area (TPSA) is 110 Å². The molecule has 0 aliphatic carbocycles. The molecular formula is C6N6Se3. The van der Waals surface area contributed by atoms with E-state index in [-0.39, 0.29) is 0 Å². The van der Waals surface area contributed by atoms with Gasteiger partial charge in [0, 0.05) is 0 Å². The summed E-state index contributed by atoms with van der Waals surface area (Å²) in [6.45, 7) is 0. The van der Waals surface area contributed by atoms with Gasteiger partial charge in [0.2, 0.25) is 0 Å². The van der Waals surface area contributed by atoms with Crippen molar-refractivity contribution >= 4 is 59.0 Å². The van der Waals surface area contributed by atoms with E-state index in [9.17, 15) is 0 Å². The van der Waals surface area contributed by atoms with Crippen molar-refractivity contribution in [3.8, 4) is 14.9 Å². The number of hydrogen-bond acceptors (Lipinski definition) is 6. The molecule has 1 rings (SSSR count). The van der Waals surface area contributed by atoms with Gasteiger partial charge in [-0.25, -0.2) is 0 Å². The quantitative estimate of drug-likeness (QED) is 0.490. The molecule has 0 aliphatic rings. The average Bonchev–Trinajstić information content (AvgIpc) is 2.19. The number of nitrogens with zero attached hydrogens (tertiary/aromatic N) is 6. The molecular weight excluding hydrogens is 393 g/mol. The molecule has 0 N–H and O–H groups in total. The van der Waals surface area contributed by atoms with Crippen molar-refractivity contribution < 1.29 is 0 Å². The van der Waals surface area contributed by atoms with Crippen LogP contribution in [0.15, 0.2) is 0 Å². The summed E-state index contributed by atoms with van der Waals surface area (Å²) in [5, 5.41) is 25.6. The number of nitriles is 3. The molecule has 0 saturated heterocycles. The van der Waals surface area contributed by atoms with E-state index in [1.165, 1.54) is 0 Å². The van der Waals surface area contributed by atoms with E-state index in [2.05, 4.69) is 15.0 Å². The summed E-state index contributed by atoms with van der Waals surface area (Å²) in [4.78, 5) is 17.9. The van der Waals surface area contributed by atoms with Gasteiger partial charge >= 0.3 is 105 Å². The van der Waals surface area contributed by atoms with Gasteiger partial charge in [0.25, 0.3) is 0 Å². The Labute approximate surface area is 104 Å². The second-order valence-electron chi connectivity index (χ2n) is 1.76. The summed E-state index contributed by atoms with van der Waals surface area (Å²) < 4.78 is 1.21. The molecule has 1 heterocycles. The first-order valence-corrected chi connectivity index (χ1v) is 8.38. The Morgan fingerprint density at radius 1 is 0.667 bits per heavy atom. The Balaban J connectivity index is 3.05. The maximum absolute atomic E-state index is 8.52. The fraction of sp³-hybridized carbons (Fsp3) is 0. The predicted octanol–water partition coefficient (Wildman–Crippen LogP) is -3.70. The SMILES string of the molecule is N#C[Se]c1nc([Se]C#N)nc([Se]C#N)n1. The molecule has 1 aromatic rings. The minimum absolute atomic E-state index is 0.402. The van der Waals surface area contributed by atoms with Crippen LogP contribution in [0.25, 0.3) is 0 Å². The molecule has 0 atom stereocenters. The van der Waals surface area contributed by atoms with Crippen molar-refractivity contribution in [1.82, 2.24) is 15.0 Å². The molecule has 0 unspecified atom stereocenters. The third kappa shape index (κ3) is 3.96. The zero-order valence-corrected chi connectivity index (χ0v) is 12.0. The monoisotopic (exact) mass is 396 g/mol. The van der Waals surface area contributed by atoms with Gasteiger partial charge in [0.1, 0.15) is 0 Å². The van der Waals surface area contributed by atoms with Gasteiger partial charge in [0.15, 0.2) is 0 Å². The molecule has 0 bridgehead atoms. The van der Waals surface area contributed by atoms with Crippen LogP contribution in [-0.4, -0.2) is 59.8 Å². The Morgan fingerprint density at radius 3 is 1.13 bits per heavy atom. The van der Waals surface area contributed by atoms with Crippen LogP contribution in [0.5, 0.6) is 0 Å². The molecule has 15 heavy (non-hydrogen) atoms. The van der Waals surface area contributed by atoms with Crippen molar-refractivity contribution in [2.75, 3.05) is 0 Å². The average molecular weight is 393 g/mol. The summed E-state index contributed by atoms with van der Waals surface area (Å²) >= 11 is -1.41. The van der Waals surface area contributed by atoms with Crippen LogP contribution in [0, 0.1) is 30.7 Å². The van der Waals surface area contributed by atoms with Crippen molar-refractivity contribution in [3.63, 3.8) is 0 Å². The molecule has 0 fully saturated rings. The van der Waals surface area contributed by atoms with Crippen LogP contribution in [0.1, 0.15) is 0 Å². The molecule has 9 heteroatoms. The molecule has 0 radical (unpaired) electrons. The first-order chi connectivity index (χ1) is 7.30. The van der Waals surface area contributed by atoms with E-state index in [4.69, 9.17) is 15.8 Å². The Hall–Kier alpha value is -0.962. The van der Waals surface area contributed by atoms with E-state index in [1.807, 2.05) is 14.9 Å². The first kappa shape index (κ1) is 12.1. The Kier molecular flexibility index (Phi) is 5.25. The molecule has 6 nitrogen and oxygen atoms in total. The number of rotatable bonds is 3. The number of aromatic nitrogens is 3. The Morgan fingerprint density at radius 2 is 0.933 bits per heavy atom. The summed E-state index contributed by atoms with van der Waals surface area (Å²) in [6.07, 6.45) is 0. The summed E-state index contributed by atoms with van der Waals surface area (Å²) in [6, 6.07) is 0. The van der Waals surface area contributed by atoms with Gasteiger partial charge in [-0.15, -0.1) is 0 Å². The second-order valence-corrected chi connectivity index (χ2v) is 6.50. The molecule has 1 aromatic heterocycles. The predicted molar refractivity (Wildman–Crippen MR) is 52.8 cm³/mol. The minimum atomic E-state index is -0.469. The normalized spacial score (nSPS) is 8.60. The zero-order valence-electron chi connectivity index (χ0n) is 6.91. The number of hydrogen-bond donors (Lipinski definition) is 0. The van der Waals surface area contributed by atoms with E-state index < -0.39 is 44.9 Å². The fourth-order valence-electron chi connectivity index (χ4n) is 0.580. The van der Waals surface area contributed by atoms with Gasteiger partial charge in [-0.3, -0.25) is 0 Å². The second kappa shape index (κ2) is 6.51. The van der Waals surface area contributed by atoms with Crippen molar-refractivity contribution in [3.05, 3.63) is 0 Å². The standard InChI is InChI=1S/C6N6Se3/c7-1-13-4-10-5(14-2-8)12-6(11-4)15-3-9. The van der Waals surface area contributed by atoms with Crippen LogP contribution in [0.4, 0.5) is 0 Å². The van der Waals surface area contributed by atoms with E-state index in [0.717, 1.165) is 0 Å². The zero-order chi connectivity index (χ0) is 11.1. The Bertz CT molecular complexity index is 397. The molecule has 0 amide bonds. The van der Waals surface area contributed by atoms with Gasteiger partial charge < -0.3 is 0 Å². The molecule has 72 valence electrons. The van der Waals surface area contributed by atoms with Crippen LogP contribution < -0.4 is 14.2 Å². The fourth-order valence-corrected chi connectivity index (χ4v) is 3.64. The van der Waals surface area contributed by atoms with Crippen molar-refractivity contribution in [2.45, 2.75) is 0 Å². The van der Waals surface area contributed by atoms with Gasteiger partial charge in [-0.2, -0.15) is 0 Å². The molecule has 0 aliphatic heterocycles. The van der Waals surface area contributed by atoms with Crippen molar-refractivity contribution in [1.29, 1.82) is 15.8 Å². The van der Waals surface area contributed by atoms with E-state index in [0.29, 0.717) is 14.2 Å². The van der Waals surface area contributed by atoms with Crippen LogP contribution in [0.3, 0.4) is 0 Å². The summed E-state index contributed by atoms with van der Waals surface area (Å²) in [5.41, 5.74) is 0.